The smallest absolute Gasteiger partial charge is 0.261 e. The lowest BCUT2D eigenvalue weighted by Crippen LogP contribution is -2.17. The molecular formula is C23H22ClN3O4. The maximum absolute atomic E-state index is 12.6. The Kier molecular flexibility index (Phi) is 5.47. The molecule has 1 aliphatic rings. The van der Waals surface area contributed by atoms with Gasteiger partial charge in [0.25, 0.3) is 5.91 Å². The van der Waals surface area contributed by atoms with Gasteiger partial charge in [0, 0.05) is 22.6 Å². The lowest BCUT2D eigenvalue weighted by molar-refractivity contribution is 0.0969. The van der Waals surface area contributed by atoms with Crippen molar-refractivity contribution in [1.29, 1.82) is 0 Å². The summed E-state index contributed by atoms with van der Waals surface area (Å²) < 4.78 is 0. The van der Waals surface area contributed by atoms with Gasteiger partial charge in [-0.25, -0.2) is 0 Å². The van der Waals surface area contributed by atoms with Gasteiger partial charge in [-0.2, -0.15) is 0 Å². The zero-order valence-electron chi connectivity index (χ0n) is 16.8. The van der Waals surface area contributed by atoms with Crippen LogP contribution in [0.5, 0.6) is 5.88 Å². The molecule has 160 valence electrons. The molecule has 1 fully saturated rings. The molecule has 0 spiro atoms. The Balaban J connectivity index is 1.70. The van der Waals surface area contributed by atoms with E-state index < -0.39 is 5.91 Å². The SMILES string of the molecule is CC(/C=C/NC(=O)c1c(O)[nH]c2cc(Cl)c(-c3ccc(C4(CO)CC4)cc3)cc12)=N/O. The van der Waals surface area contributed by atoms with E-state index in [9.17, 15) is 15.0 Å². The van der Waals surface area contributed by atoms with Crippen LogP contribution in [0, 0.1) is 0 Å². The van der Waals surface area contributed by atoms with Gasteiger partial charge in [0.1, 0.15) is 5.56 Å². The molecule has 0 radical (unpaired) electrons. The number of allylic oxidation sites excluding steroid dienone is 1. The molecule has 5 N–H and O–H groups in total. The minimum absolute atomic E-state index is 0.0880. The van der Waals surface area contributed by atoms with Crippen molar-refractivity contribution in [2.75, 3.05) is 6.61 Å². The molecule has 0 atom stereocenters. The summed E-state index contributed by atoms with van der Waals surface area (Å²) in [5, 5.41) is 35.1. The molecule has 1 aromatic heterocycles. The third-order valence-electron chi connectivity index (χ3n) is 5.75. The summed E-state index contributed by atoms with van der Waals surface area (Å²) in [4.78, 5) is 15.4. The van der Waals surface area contributed by atoms with Gasteiger partial charge in [0.05, 0.1) is 22.9 Å². The highest BCUT2D eigenvalue weighted by Gasteiger charge is 2.43. The zero-order valence-corrected chi connectivity index (χ0v) is 17.6. The predicted octanol–water partition coefficient (Wildman–Crippen LogP) is 4.31. The number of carbonyl (C=O) groups is 1. The fourth-order valence-corrected chi connectivity index (χ4v) is 3.96. The van der Waals surface area contributed by atoms with Crippen LogP contribution in [-0.4, -0.2) is 38.6 Å². The Morgan fingerprint density at radius 2 is 2.00 bits per heavy atom. The van der Waals surface area contributed by atoms with Crippen molar-refractivity contribution >= 4 is 34.1 Å². The van der Waals surface area contributed by atoms with E-state index >= 15 is 0 Å². The summed E-state index contributed by atoms with van der Waals surface area (Å²) >= 11 is 6.49. The number of oxime groups is 1. The van der Waals surface area contributed by atoms with E-state index in [1.54, 1.807) is 19.1 Å². The van der Waals surface area contributed by atoms with Crippen LogP contribution >= 0.6 is 11.6 Å². The summed E-state index contributed by atoms with van der Waals surface area (Å²) in [5.41, 5.74) is 3.51. The number of aromatic hydroxyl groups is 1. The lowest BCUT2D eigenvalue weighted by atomic mass is 9.94. The quantitative estimate of drug-likeness (QED) is 0.223. The molecule has 7 nitrogen and oxygen atoms in total. The van der Waals surface area contributed by atoms with Gasteiger partial charge < -0.3 is 25.7 Å². The largest absolute Gasteiger partial charge is 0.494 e. The molecule has 2 aromatic carbocycles. The Labute approximate surface area is 183 Å². The van der Waals surface area contributed by atoms with Gasteiger partial charge in [0.15, 0.2) is 0 Å². The van der Waals surface area contributed by atoms with Crippen molar-refractivity contribution in [2.24, 2.45) is 5.16 Å². The number of rotatable bonds is 6. The number of aromatic nitrogens is 1. The van der Waals surface area contributed by atoms with Crippen molar-refractivity contribution in [1.82, 2.24) is 10.3 Å². The number of benzene rings is 2. The Hall–Kier alpha value is -3.29. The van der Waals surface area contributed by atoms with Crippen molar-refractivity contribution in [3.63, 3.8) is 0 Å². The third kappa shape index (κ3) is 3.89. The first-order valence-electron chi connectivity index (χ1n) is 9.80. The molecule has 1 heterocycles. The summed E-state index contributed by atoms with van der Waals surface area (Å²) in [6.07, 6.45) is 4.72. The number of H-pyrrole nitrogens is 1. The molecule has 3 aromatic rings. The van der Waals surface area contributed by atoms with Gasteiger partial charge in [0.2, 0.25) is 5.88 Å². The number of aliphatic hydroxyl groups is 1. The van der Waals surface area contributed by atoms with Crippen LogP contribution in [0.2, 0.25) is 5.02 Å². The standard InChI is InChI=1S/C23H22ClN3O4/c1-13(27-31)6-9-25-21(29)20-17-10-16(18(24)11-19(17)26-22(20)30)14-2-4-15(5-3-14)23(12-28)7-8-23/h2-6,9-11,26,28,30-31H,7-8,12H2,1H3,(H,25,29)/b9-6+,27-13-. The molecule has 0 unspecified atom stereocenters. The first-order valence-corrected chi connectivity index (χ1v) is 10.2. The van der Waals surface area contributed by atoms with E-state index in [2.05, 4.69) is 15.5 Å². The summed E-state index contributed by atoms with van der Waals surface area (Å²) in [6, 6.07) is 11.3. The molecular weight excluding hydrogens is 418 g/mol. The Morgan fingerprint density at radius 3 is 2.61 bits per heavy atom. The van der Waals surface area contributed by atoms with Gasteiger partial charge in [-0.1, -0.05) is 41.0 Å². The van der Waals surface area contributed by atoms with E-state index in [4.69, 9.17) is 16.8 Å². The first-order chi connectivity index (χ1) is 14.9. The van der Waals surface area contributed by atoms with Gasteiger partial charge in [-0.15, -0.1) is 0 Å². The Morgan fingerprint density at radius 1 is 1.29 bits per heavy atom. The molecule has 0 saturated heterocycles. The van der Waals surface area contributed by atoms with E-state index in [1.165, 1.54) is 12.3 Å². The van der Waals surface area contributed by atoms with Crippen molar-refractivity contribution in [3.05, 3.63) is 64.8 Å². The molecule has 0 bridgehead atoms. The number of carbonyl (C=O) groups excluding carboxylic acids is 1. The second-order valence-corrected chi connectivity index (χ2v) is 8.20. The van der Waals surface area contributed by atoms with Crippen molar-refractivity contribution in [3.8, 4) is 17.0 Å². The zero-order chi connectivity index (χ0) is 22.2. The maximum Gasteiger partial charge on any atom is 0.261 e. The van der Waals surface area contributed by atoms with Gasteiger partial charge in [-0.05, 0) is 49.1 Å². The molecule has 1 aliphatic carbocycles. The van der Waals surface area contributed by atoms with E-state index in [0.717, 1.165) is 29.5 Å². The number of halogens is 1. The topological polar surface area (TPSA) is 118 Å². The molecule has 31 heavy (non-hydrogen) atoms. The molecule has 1 amide bonds. The van der Waals surface area contributed by atoms with Crippen LogP contribution in [0.4, 0.5) is 0 Å². The van der Waals surface area contributed by atoms with Gasteiger partial charge >= 0.3 is 0 Å². The minimum atomic E-state index is -0.520. The van der Waals surface area contributed by atoms with Crippen LogP contribution in [0.1, 0.15) is 35.7 Å². The van der Waals surface area contributed by atoms with Crippen LogP contribution in [-0.2, 0) is 5.41 Å². The number of hydrogen-bond donors (Lipinski definition) is 5. The van der Waals surface area contributed by atoms with Crippen LogP contribution < -0.4 is 5.32 Å². The fourth-order valence-electron chi connectivity index (χ4n) is 3.69. The normalized spacial score (nSPS) is 15.5. The minimum Gasteiger partial charge on any atom is -0.494 e. The second-order valence-electron chi connectivity index (χ2n) is 7.79. The number of fused-ring (bicyclic) bond motifs is 1. The van der Waals surface area contributed by atoms with E-state index in [1.807, 2.05) is 24.3 Å². The average Bonchev–Trinajstić information content (AvgIpc) is 3.50. The monoisotopic (exact) mass is 439 g/mol. The first kappa shape index (κ1) is 21.0. The summed E-state index contributed by atoms with van der Waals surface area (Å²) in [7, 11) is 0. The lowest BCUT2D eigenvalue weighted by Gasteiger charge is -2.13. The fraction of sp³-hybridized carbons (Fsp3) is 0.217. The third-order valence-corrected chi connectivity index (χ3v) is 6.07. The number of aromatic amines is 1. The molecule has 1 saturated carbocycles. The highest BCUT2D eigenvalue weighted by atomic mass is 35.5. The van der Waals surface area contributed by atoms with Crippen LogP contribution in [0.25, 0.3) is 22.0 Å². The van der Waals surface area contributed by atoms with Crippen LogP contribution in [0.15, 0.2) is 53.8 Å². The van der Waals surface area contributed by atoms with Crippen molar-refractivity contribution < 1.29 is 20.2 Å². The summed E-state index contributed by atoms with van der Waals surface area (Å²) in [6.45, 7) is 1.70. The number of aliphatic hydroxyl groups excluding tert-OH is 1. The predicted molar refractivity (Wildman–Crippen MR) is 120 cm³/mol. The molecule has 8 heteroatoms. The number of hydrogen-bond acceptors (Lipinski definition) is 5. The highest BCUT2D eigenvalue weighted by molar-refractivity contribution is 6.34. The van der Waals surface area contributed by atoms with Gasteiger partial charge in [-0.3, -0.25) is 4.79 Å². The average molecular weight is 440 g/mol. The second kappa shape index (κ2) is 8.09. The number of amides is 1. The number of nitrogens with one attached hydrogen (secondary N) is 2. The molecule has 0 aliphatic heterocycles. The van der Waals surface area contributed by atoms with Crippen molar-refractivity contribution in [2.45, 2.75) is 25.2 Å². The summed E-state index contributed by atoms with van der Waals surface area (Å²) in [5.74, 6) is -0.788. The molecule has 4 rings (SSSR count). The van der Waals surface area contributed by atoms with Crippen LogP contribution in [0.3, 0.4) is 0 Å². The van der Waals surface area contributed by atoms with E-state index in [-0.39, 0.29) is 23.5 Å². The van der Waals surface area contributed by atoms with E-state index in [0.29, 0.717) is 21.6 Å². The highest BCUT2D eigenvalue weighted by Crippen LogP contribution is 2.48. The Bertz CT molecular complexity index is 1210. The number of nitrogens with zero attached hydrogens (tertiary/aromatic N) is 1. The maximum atomic E-state index is 12.6.